The Morgan fingerprint density at radius 1 is 1.47 bits per heavy atom. The Labute approximate surface area is 107 Å². The van der Waals surface area contributed by atoms with E-state index in [2.05, 4.69) is 17.1 Å². The summed E-state index contributed by atoms with van der Waals surface area (Å²) in [5.41, 5.74) is 0.259. The molecule has 1 heterocycles. The highest BCUT2D eigenvalue weighted by Gasteiger charge is 2.30. The van der Waals surface area contributed by atoms with E-state index in [1.807, 2.05) is 31.2 Å². The second-order valence-corrected chi connectivity index (χ2v) is 5.46. The van der Waals surface area contributed by atoms with Crippen LogP contribution in [0, 0.1) is 0 Å². The van der Waals surface area contributed by atoms with Gasteiger partial charge in [0.05, 0.1) is 16.3 Å². The largest absolute Gasteiger partial charge is 0.387 e. The van der Waals surface area contributed by atoms with Crippen LogP contribution >= 0.6 is 11.6 Å². The number of benzene rings is 1. The van der Waals surface area contributed by atoms with Crippen LogP contribution in [0.4, 0.5) is 5.69 Å². The molecule has 1 fully saturated rings. The van der Waals surface area contributed by atoms with Gasteiger partial charge in [-0.05, 0) is 26.0 Å². The highest BCUT2D eigenvalue weighted by atomic mass is 35.5. The van der Waals surface area contributed by atoms with E-state index in [1.165, 1.54) is 0 Å². The van der Waals surface area contributed by atoms with Crippen LogP contribution in [0.3, 0.4) is 0 Å². The molecule has 0 radical (unpaired) electrons. The first-order valence-corrected chi connectivity index (χ1v) is 6.32. The summed E-state index contributed by atoms with van der Waals surface area (Å²) < 4.78 is 0. The van der Waals surface area contributed by atoms with Gasteiger partial charge < -0.3 is 15.3 Å². The number of hydrogen-bond acceptors (Lipinski definition) is 3. The van der Waals surface area contributed by atoms with E-state index >= 15 is 0 Å². The SMILES string of the molecule is CC1CNCC(C)(O)CN1c1ccccc1Cl. The number of nitrogens with one attached hydrogen (secondary N) is 1. The smallest absolute Gasteiger partial charge is 0.0917 e. The van der Waals surface area contributed by atoms with Gasteiger partial charge in [0.1, 0.15) is 0 Å². The number of anilines is 1. The highest BCUT2D eigenvalue weighted by molar-refractivity contribution is 6.33. The van der Waals surface area contributed by atoms with Crippen molar-refractivity contribution in [3.05, 3.63) is 29.3 Å². The standard InChI is InChI=1S/C13H19ClN2O/c1-10-7-15-8-13(2,17)9-16(10)12-6-4-3-5-11(12)14/h3-6,10,15,17H,7-9H2,1-2H3. The minimum Gasteiger partial charge on any atom is -0.387 e. The number of rotatable bonds is 1. The van der Waals surface area contributed by atoms with Gasteiger partial charge >= 0.3 is 0 Å². The van der Waals surface area contributed by atoms with E-state index in [9.17, 15) is 5.11 Å². The number of para-hydroxylation sites is 1. The monoisotopic (exact) mass is 254 g/mol. The maximum absolute atomic E-state index is 10.2. The minimum atomic E-state index is -0.732. The number of β-amino-alcohol motifs (C(OH)–C–C–N with tert-alkyl or cyclic N) is 1. The summed E-state index contributed by atoms with van der Waals surface area (Å²) >= 11 is 6.23. The lowest BCUT2D eigenvalue weighted by molar-refractivity contribution is 0.0726. The zero-order valence-electron chi connectivity index (χ0n) is 10.3. The van der Waals surface area contributed by atoms with Crippen LogP contribution in [0.2, 0.25) is 5.02 Å². The summed E-state index contributed by atoms with van der Waals surface area (Å²) in [7, 11) is 0. The Morgan fingerprint density at radius 3 is 2.88 bits per heavy atom. The number of halogens is 1. The van der Waals surface area contributed by atoms with Crippen LogP contribution in [0.1, 0.15) is 13.8 Å². The molecule has 3 nitrogen and oxygen atoms in total. The molecular weight excluding hydrogens is 236 g/mol. The van der Waals surface area contributed by atoms with E-state index in [4.69, 9.17) is 11.6 Å². The van der Waals surface area contributed by atoms with Gasteiger partial charge in [0.2, 0.25) is 0 Å². The second kappa shape index (κ2) is 4.84. The Hall–Kier alpha value is -0.770. The topological polar surface area (TPSA) is 35.5 Å². The lowest BCUT2D eigenvalue weighted by Gasteiger charge is -2.34. The number of aliphatic hydroxyl groups is 1. The van der Waals surface area contributed by atoms with Crippen LogP contribution in [-0.2, 0) is 0 Å². The van der Waals surface area contributed by atoms with Crippen molar-refractivity contribution in [2.75, 3.05) is 24.5 Å². The van der Waals surface area contributed by atoms with Gasteiger partial charge in [-0.1, -0.05) is 23.7 Å². The Kier molecular flexibility index (Phi) is 3.61. The Morgan fingerprint density at radius 2 is 2.18 bits per heavy atom. The third-order valence-electron chi connectivity index (χ3n) is 3.15. The molecule has 0 saturated carbocycles. The van der Waals surface area contributed by atoms with Crippen molar-refractivity contribution in [1.29, 1.82) is 0 Å². The Bertz CT molecular complexity index is 395. The van der Waals surface area contributed by atoms with Gasteiger partial charge in [-0.3, -0.25) is 0 Å². The average Bonchev–Trinajstić information content (AvgIpc) is 2.38. The molecule has 17 heavy (non-hydrogen) atoms. The quantitative estimate of drug-likeness (QED) is 0.804. The predicted molar refractivity (Wildman–Crippen MR) is 71.8 cm³/mol. The molecule has 2 atom stereocenters. The van der Waals surface area contributed by atoms with E-state index in [0.717, 1.165) is 17.3 Å². The maximum atomic E-state index is 10.2. The lowest BCUT2D eigenvalue weighted by atomic mass is 10.1. The van der Waals surface area contributed by atoms with Crippen LogP contribution in [0.5, 0.6) is 0 Å². The predicted octanol–water partition coefficient (Wildman–Crippen LogP) is 1.89. The average molecular weight is 255 g/mol. The normalized spacial score (nSPS) is 30.1. The van der Waals surface area contributed by atoms with Crippen molar-refractivity contribution in [3.63, 3.8) is 0 Å². The molecular formula is C13H19ClN2O. The summed E-state index contributed by atoms with van der Waals surface area (Å²) in [6.45, 7) is 6.03. The third-order valence-corrected chi connectivity index (χ3v) is 3.47. The molecule has 1 aromatic carbocycles. The van der Waals surface area contributed by atoms with Crippen molar-refractivity contribution in [3.8, 4) is 0 Å². The van der Waals surface area contributed by atoms with Crippen LogP contribution in [0.25, 0.3) is 0 Å². The summed E-state index contributed by atoms with van der Waals surface area (Å²) in [5, 5.41) is 14.3. The maximum Gasteiger partial charge on any atom is 0.0917 e. The van der Waals surface area contributed by atoms with E-state index in [0.29, 0.717) is 19.1 Å². The van der Waals surface area contributed by atoms with E-state index in [1.54, 1.807) is 0 Å². The highest BCUT2D eigenvalue weighted by Crippen LogP contribution is 2.29. The first-order valence-electron chi connectivity index (χ1n) is 5.94. The van der Waals surface area contributed by atoms with Crippen LogP contribution in [-0.4, -0.2) is 36.4 Å². The summed E-state index contributed by atoms with van der Waals surface area (Å²) in [4.78, 5) is 2.17. The fourth-order valence-corrected chi connectivity index (χ4v) is 2.49. The third kappa shape index (κ3) is 2.92. The second-order valence-electron chi connectivity index (χ2n) is 5.06. The van der Waals surface area contributed by atoms with Crippen molar-refractivity contribution >= 4 is 17.3 Å². The number of hydrogen-bond donors (Lipinski definition) is 2. The van der Waals surface area contributed by atoms with Gasteiger partial charge in [0, 0.05) is 25.7 Å². The first kappa shape index (κ1) is 12.7. The summed E-state index contributed by atoms with van der Waals surface area (Å²) in [5.74, 6) is 0. The summed E-state index contributed by atoms with van der Waals surface area (Å²) in [6.07, 6.45) is 0. The van der Waals surface area contributed by atoms with Crippen molar-refractivity contribution < 1.29 is 5.11 Å². The van der Waals surface area contributed by atoms with Gasteiger partial charge in [0.25, 0.3) is 0 Å². The van der Waals surface area contributed by atoms with Crippen molar-refractivity contribution in [1.82, 2.24) is 5.32 Å². The van der Waals surface area contributed by atoms with E-state index < -0.39 is 5.60 Å². The fraction of sp³-hybridized carbons (Fsp3) is 0.538. The van der Waals surface area contributed by atoms with E-state index in [-0.39, 0.29) is 0 Å². The number of nitrogens with zero attached hydrogens (tertiary/aromatic N) is 1. The molecule has 1 aromatic rings. The van der Waals surface area contributed by atoms with Gasteiger partial charge in [0.15, 0.2) is 0 Å². The molecule has 0 aromatic heterocycles. The molecule has 0 amide bonds. The molecule has 0 bridgehead atoms. The summed E-state index contributed by atoms with van der Waals surface area (Å²) in [6, 6.07) is 8.09. The zero-order valence-corrected chi connectivity index (χ0v) is 11.0. The van der Waals surface area contributed by atoms with Gasteiger partial charge in [-0.25, -0.2) is 0 Å². The van der Waals surface area contributed by atoms with Crippen molar-refractivity contribution in [2.45, 2.75) is 25.5 Å². The zero-order chi connectivity index (χ0) is 12.5. The molecule has 0 spiro atoms. The van der Waals surface area contributed by atoms with Crippen LogP contribution < -0.4 is 10.2 Å². The Balaban J connectivity index is 2.31. The molecule has 4 heteroatoms. The molecule has 2 rings (SSSR count). The van der Waals surface area contributed by atoms with Crippen molar-refractivity contribution in [2.24, 2.45) is 0 Å². The molecule has 2 unspecified atom stereocenters. The molecule has 1 aliphatic rings. The molecule has 1 saturated heterocycles. The molecule has 0 aliphatic carbocycles. The molecule has 94 valence electrons. The van der Waals surface area contributed by atoms with Gasteiger partial charge in [-0.15, -0.1) is 0 Å². The first-order chi connectivity index (χ1) is 7.99. The minimum absolute atomic E-state index is 0.309. The van der Waals surface area contributed by atoms with Crippen LogP contribution in [0.15, 0.2) is 24.3 Å². The lowest BCUT2D eigenvalue weighted by Crippen LogP contribution is -2.45. The fourth-order valence-electron chi connectivity index (χ4n) is 2.25. The molecule has 1 aliphatic heterocycles. The molecule has 2 N–H and O–H groups in total. The van der Waals surface area contributed by atoms with Gasteiger partial charge in [-0.2, -0.15) is 0 Å².